The van der Waals surface area contributed by atoms with Gasteiger partial charge in [0.05, 0.1) is 17.7 Å². The van der Waals surface area contributed by atoms with Crippen molar-refractivity contribution in [2.24, 2.45) is 0 Å². The van der Waals surface area contributed by atoms with Crippen LogP contribution in [-0.4, -0.2) is 11.7 Å². The molecule has 0 aliphatic carbocycles. The maximum atomic E-state index is 9.51. The summed E-state index contributed by atoms with van der Waals surface area (Å²) in [5.74, 6) is 0. The molecule has 0 bridgehead atoms. The summed E-state index contributed by atoms with van der Waals surface area (Å²) < 4.78 is 0.841. The summed E-state index contributed by atoms with van der Waals surface area (Å²) in [6.45, 7) is 2.11. The van der Waals surface area contributed by atoms with E-state index in [9.17, 15) is 5.11 Å². The first-order valence-corrected chi connectivity index (χ1v) is 7.53. The molecule has 0 aliphatic rings. The van der Waals surface area contributed by atoms with Gasteiger partial charge in [0.1, 0.15) is 0 Å². The van der Waals surface area contributed by atoms with Crippen molar-refractivity contribution in [2.75, 3.05) is 11.9 Å². The van der Waals surface area contributed by atoms with Gasteiger partial charge in [-0.15, -0.1) is 11.3 Å². The standard InChI is InChI=1S/C13H13BrClNOS/c1-8-4-5-18-13(8)12(7-17)16-9-2-3-11(15)10(14)6-9/h2-6,12,16-17H,7H2,1H3. The molecule has 0 saturated heterocycles. The average Bonchev–Trinajstić information content (AvgIpc) is 2.77. The van der Waals surface area contributed by atoms with Crippen LogP contribution in [0.2, 0.25) is 5.02 Å². The van der Waals surface area contributed by atoms with Crippen LogP contribution in [0.3, 0.4) is 0 Å². The molecule has 2 rings (SSSR count). The first-order chi connectivity index (χ1) is 8.61. The van der Waals surface area contributed by atoms with Gasteiger partial charge >= 0.3 is 0 Å². The quantitative estimate of drug-likeness (QED) is 0.847. The molecule has 0 spiro atoms. The van der Waals surface area contributed by atoms with Crippen molar-refractivity contribution in [1.82, 2.24) is 0 Å². The summed E-state index contributed by atoms with van der Waals surface area (Å²) in [5, 5.41) is 15.5. The van der Waals surface area contributed by atoms with Gasteiger partial charge in [-0.1, -0.05) is 11.6 Å². The van der Waals surface area contributed by atoms with Gasteiger partial charge in [0.15, 0.2) is 0 Å². The summed E-state index contributed by atoms with van der Waals surface area (Å²) in [4.78, 5) is 1.16. The molecule has 1 heterocycles. The smallest absolute Gasteiger partial charge is 0.0840 e. The summed E-state index contributed by atoms with van der Waals surface area (Å²) in [6.07, 6.45) is 0. The van der Waals surface area contributed by atoms with E-state index in [0.29, 0.717) is 5.02 Å². The van der Waals surface area contributed by atoms with Crippen molar-refractivity contribution in [2.45, 2.75) is 13.0 Å². The number of aliphatic hydroxyl groups excluding tert-OH is 1. The van der Waals surface area contributed by atoms with Crippen LogP contribution in [-0.2, 0) is 0 Å². The maximum absolute atomic E-state index is 9.51. The SMILES string of the molecule is Cc1ccsc1C(CO)Nc1ccc(Cl)c(Br)c1. The largest absolute Gasteiger partial charge is 0.394 e. The zero-order valence-electron chi connectivity index (χ0n) is 9.78. The molecule has 2 nitrogen and oxygen atoms in total. The lowest BCUT2D eigenvalue weighted by atomic mass is 10.1. The van der Waals surface area contributed by atoms with Crippen LogP contribution in [0, 0.1) is 6.92 Å². The Kier molecular flexibility index (Phi) is 4.67. The zero-order chi connectivity index (χ0) is 13.1. The van der Waals surface area contributed by atoms with Gasteiger partial charge in [-0.05, 0) is 58.1 Å². The van der Waals surface area contributed by atoms with Crippen LogP contribution in [0.25, 0.3) is 0 Å². The van der Waals surface area contributed by atoms with E-state index in [1.807, 2.05) is 30.5 Å². The number of benzene rings is 1. The Morgan fingerprint density at radius 3 is 2.78 bits per heavy atom. The third kappa shape index (κ3) is 3.06. The fourth-order valence-electron chi connectivity index (χ4n) is 1.72. The minimum atomic E-state index is -0.0851. The van der Waals surface area contributed by atoms with Crippen LogP contribution in [0.1, 0.15) is 16.5 Å². The molecule has 0 aliphatic heterocycles. The second kappa shape index (κ2) is 6.06. The number of hydrogen-bond acceptors (Lipinski definition) is 3. The summed E-state index contributed by atoms with van der Waals surface area (Å²) in [6, 6.07) is 7.61. The zero-order valence-corrected chi connectivity index (χ0v) is 12.9. The van der Waals surface area contributed by atoms with E-state index in [-0.39, 0.29) is 12.6 Å². The number of aryl methyl sites for hydroxylation is 1. The summed E-state index contributed by atoms with van der Waals surface area (Å²) in [5.41, 5.74) is 2.12. The van der Waals surface area contributed by atoms with Gasteiger partial charge in [-0.25, -0.2) is 0 Å². The molecule has 0 saturated carbocycles. The van der Waals surface area contributed by atoms with Crippen LogP contribution >= 0.6 is 38.9 Å². The highest BCUT2D eigenvalue weighted by Crippen LogP contribution is 2.30. The fourth-order valence-corrected chi connectivity index (χ4v) is 3.19. The topological polar surface area (TPSA) is 32.3 Å². The Morgan fingerprint density at radius 2 is 2.22 bits per heavy atom. The molecule has 1 aromatic carbocycles. The lowest BCUT2D eigenvalue weighted by Crippen LogP contribution is -2.14. The van der Waals surface area contributed by atoms with Crippen LogP contribution in [0.15, 0.2) is 34.1 Å². The molecule has 1 unspecified atom stereocenters. The fraction of sp³-hybridized carbons (Fsp3) is 0.231. The van der Waals surface area contributed by atoms with E-state index in [4.69, 9.17) is 11.6 Å². The lowest BCUT2D eigenvalue weighted by molar-refractivity contribution is 0.277. The predicted molar refractivity (Wildman–Crippen MR) is 81.7 cm³/mol. The van der Waals surface area contributed by atoms with Gasteiger partial charge in [-0.2, -0.15) is 0 Å². The van der Waals surface area contributed by atoms with Gasteiger partial charge in [0.25, 0.3) is 0 Å². The highest BCUT2D eigenvalue weighted by Gasteiger charge is 2.14. The number of nitrogens with one attached hydrogen (secondary N) is 1. The van der Waals surface area contributed by atoms with Crippen molar-refractivity contribution < 1.29 is 5.11 Å². The van der Waals surface area contributed by atoms with Gasteiger partial charge in [-0.3, -0.25) is 0 Å². The Labute approximate surface area is 124 Å². The lowest BCUT2D eigenvalue weighted by Gasteiger charge is -2.17. The molecular formula is C13H13BrClNOS. The van der Waals surface area contributed by atoms with Crippen molar-refractivity contribution in [3.05, 3.63) is 49.6 Å². The minimum absolute atomic E-state index is 0.0571. The van der Waals surface area contributed by atoms with Gasteiger partial charge in [0.2, 0.25) is 0 Å². The van der Waals surface area contributed by atoms with Crippen molar-refractivity contribution in [1.29, 1.82) is 0 Å². The van der Waals surface area contributed by atoms with Crippen LogP contribution in [0.4, 0.5) is 5.69 Å². The Bertz CT molecular complexity index is 544. The number of hydrogen-bond donors (Lipinski definition) is 2. The van der Waals surface area contributed by atoms with Crippen LogP contribution in [0.5, 0.6) is 0 Å². The number of aliphatic hydroxyl groups is 1. The average molecular weight is 347 g/mol. The Balaban J connectivity index is 2.20. The molecule has 0 fully saturated rings. The van der Waals surface area contributed by atoms with E-state index in [1.165, 1.54) is 5.56 Å². The highest BCUT2D eigenvalue weighted by molar-refractivity contribution is 9.10. The molecule has 96 valence electrons. The minimum Gasteiger partial charge on any atom is -0.394 e. The van der Waals surface area contributed by atoms with E-state index >= 15 is 0 Å². The number of rotatable bonds is 4. The predicted octanol–water partition coefficient (Wildman–Crippen LogP) is 4.62. The molecule has 1 atom stereocenters. The Morgan fingerprint density at radius 1 is 1.44 bits per heavy atom. The highest BCUT2D eigenvalue weighted by atomic mass is 79.9. The number of anilines is 1. The maximum Gasteiger partial charge on any atom is 0.0840 e. The molecule has 5 heteroatoms. The second-order valence-corrected chi connectivity index (χ2v) is 6.19. The third-order valence-electron chi connectivity index (χ3n) is 2.66. The summed E-state index contributed by atoms with van der Waals surface area (Å²) >= 11 is 11.0. The van der Waals surface area contributed by atoms with Gasteiger partial charge < -0.3 is 10.4 Å². The number of thiophene rings is 1. The van der Waals surface area contributed by atoms with Crippen molar-refractivity contribution >= 4 is 44.6 Å². The Hall–Kier alpha value is -0.550. The molecular weight excluding hydrogens is 334 g/mol. The first kappa shape index (κ1) is 13.9. The first-order valence-electron chi connectivity index (χ1n) is 5.48. The third-order valence-corrected chi connectivity index (χ3v) is 5.01. The van der Waals surface area contributed by atoms with E-state index in [1.54, 1.807) is 11.3 Å². The summed E-state index contributed by atoms with van der Waals surface area (Å²) in [7, 11) is 0. The molecule has 0 amide bonds. The van der Waals surface area contributed by atoms with E-state index in [0.717, 1.165) is 15.0 Å². The van der Waals surface area contributed by atoms with E-state index in [2.05, 4.69) is 27.3 Å². The second-order valence-electron chi connectivity index (χ2n) is 3.98. The van der Waals surface area contributed by atoms with Crippen molar-refractivity contribution in [3.8, 4) is 0 Å². The monoisotopic (exact) mass is 345 g/mol. The molecule has 0 radical (unpaired) electrons. The molecule has 18 heavy (non-hydrogen) atoms. The normalized spacial score (nSPS) is 12.4. The molecule has 2 aromatic rings. The van der Waals surface area contributed by atoms with Crippen molar-refractivity contribution in [3.63, 3.8) is 0 Å². The molecule has 1 aromatic heterocycles. The van der Waals surface area contributed by atoms with Crippen LogP contribution < -0.4 is 5.32 Å². The number of halogens is 2. The van der Waals surface area contributed by atoms with Gasteiger partial charge in [0, 0.05) is 15.0 Å². The van der Waals surface area contributed by atoms with E-state index < -0.39 is 0 Å². The molecule has 2 N–H and O–H groups in total.